The van der Waals surface area contributed by atoms with E-state index in [-0.39, 0.29) is 24.0 Å². The summed E-state index contributed by atoms with van der Waals surface area (Å²) in [5.74, 6) is 0.917. The normalized spacial score (nSPS) is 16.8. The van der Waals surface area contributed by atoms with Gasteiger partial charge in [0.15, 0.2) is 5.96 Å². The minimum absolute atomic E-state index is 0. The van der Waals surface area contributed by atoms with Crippen molar-refractivity contribution < 1.29 is 9.47 Å². The van der Waals surface area contributed by atoms with Crippen LogP contribution in [-0.4, -0.2) is 65.1 Å². The average molecular weight is 569 g/mol. The SMILES string of the molecule is CCNC(=NCCCCOCCOC)NC1CCN(c2ccc(Br)cc2)C1.I. The molecule has 2 N–H and O–H groups in total. The van der Waals surface area contributed by atoms with E-state index in [2.05, 4.69) is 62.7 Å². The third-order valence-electron chi connectivity index (χ3n) is 4.46. The molecule has 2 rings (SSSR count). The Hall–Kier alpha value is -0.580. The van der Waals surface area contributed by atoms with Gasteiger partial charge in [-0.25, -0.2) is 0 Å². The summed E-state index contributed by atoms with van der Waals surface area (Å²) in [5, 5.41) is 6.94. The van der Waals surface area contributed by atoms with Crippen LogP contribution in [0.5, 0.6) is 0 Å². The molecule has 8 heteroatoms. The molecule has 1 aliphatic rings. The fraction of sp³-hybridized carbons (Fsp3) is 0.650. The first kappa shape index (κ1) is 25.5. The van der Waals surface area contributed by atoms with E-state index in [1.165, 1.54) is 5.69 Å². The van der Waals surface area contributed by atoms with Crippen LogP contribution in [0.15, 0.2) is 33.7 Å². The van der Waals surface area contributed by atoms with Gasteiger partial charge in [-0.2, -0.15) is 0 Å². The zero-order chi connectivity index (χ0) is 19.3. The number of anilines is 1. The highest BCUT2D eigenvalue weighted by molar-refractivity contribution is 14.0. The lowest BCUT2D eigenvalue weighted by Gasteiger charge is -2.20. The minimum Gasteiger partial charge on any atom is -0.382 e. The Bertz CT molecular complexity index is 560. The van der Waals surface area contributed by atoms with E-state index in [0.29, 0.717) is 19.3 Å². The predicted molar refractivity (Wildman–Crippen MR) is 131 cm³/mol. The molecule has 1 fully saturated rings. The Balaban J connectivity index is 0.00000392. The third kappa shape index (κ3) is 9.76. The van der Waals surface area contributed by atoms with E-state index < -0.39 is 0 Å². The van der Waals surface area contributed by atoms with Gasteiger partial charge < -0.3 is 25.0 Å². The lowest BCUT2D eigenvalue weighted by atomic mass is 10.2. The van der Waals surface area contributed by atoms with Crippen molar-refractivity contribution >= 4 is 51.6 Å². The van der Waals surface area contributed by atoms with Gasteiger partial charge in [-0.3, -0.25) is 4.99 Å². The maximum absolute atomic E-state index is 5.48. The molecule has 0 bridgehead atoms. The average Bonchev–Trinajstić information content (AvgIpc) is 3.13. The van der Waals surface area contributed by atoms with Crippen LogP contribution in [0.4, 0.5) is 5.69 Å². The van der Waals surface area contributed by atoms with E-state index in [1.807, 2.05) is 0 Å². The number of aliphatic imine (C=N–C) groups is 1. The first-order chi connectivity index (χ1) is 13.2. The molecule has 1 saturated heterocycles. The Morgan fingerprint density at radius 1 is 1.21 bits per heavy atom. The molecule has 0 amide bonds. The first-order valence-corrected chi connectivity index (χ1v) is 10.6. The van der Waals surface area contributed by atoms with E-state index >= 15 is 0 Å². The number of nitrogens with one attached hydrogen (secondary N) is 2. The Morgan fingerprint density at radius 2 is 2.00 bits per heavy atom. The van der Waals surface area contributed by atoms with E-state index in [0.717, 1.165) is 62.5 Å². The number of benzene rings is 1. The zero-order valence-corrected chi connectivity index (χ0v) is 20.9. The van der Waals surface area contributed by atoms with Gasteiger partial charge >= 0.3 is 0 Å². The molecule has 0 aliphatic carbocycles. The summed E-state index contributed by atoms with van der Waals surface area (Å²) in [6.07, 6.45) is 3.17. The van der Waals surface area contributed by atoms with Gasteiger partial charge in [-0.05, 0) is 50.5 Å². The van der Waals surface area contributed by atoms with Gasteiger partial charge in [0.05, 0.1) is 13.2 Å². The molecule has 1 aromatic rings. The lowest BCUT2D eigenvalue weighted by Crippen LogP contribution is -2.44. The summed E-state index contributed by atoms with van der Waals surface area (Å²) in [6, 6.07) is 8.95. The number of rotatable bonds is 11. The fourth-order valence-electron chi connectivity index (χ4n) is 3.03. The van der Waals surface area contributed by atoms with Gasteiger partial charge in [-0.1, -0.05) is 15.9 Å². The van der Waals surface area contributed by atoms with Gasteiger partial charge in [0, 0.05) is 56.1 Å². The maximum Gasteiger partial charge on any atom is 0.191 e. The predicted octanol–water partition coefficient (Wildman–Crippen LogP) is 3.64. The highest BCUT2D eigenvalue weighted by Crippen LogP contribution is 2.22. The molecular weight excluding hydrogens is 535 g/mol. The minimum atomic E-state index is 0. The van der Waals surface area contributed by atoms with Crippen LogP contribution in [0.25, 0.3) is 0 Å². The number of methoxy groups -OCH3 is 1. The van der Waals surface area contributed by atoms with E-state index in [4.69, 9.17) is 14.5 Å². The summed E-state index contributed by atoms with van der Waals surface area (Å²) in [6.45, 7) is 7.95. The largest absolute Gasteiger partial charge is 0.382 e. The van der Waals surface area contributed by atoms with Crippen molar-refractivity contribution in [2.75, 3.05) is 58.0 Å². The van der Waals surface area contributed by atoms with Gasteiger partial charge in [0.2, 0.25) is 0 Å². The molecule has 0 aromatic heterocycles. The quantitative estimate of drug-likeness (QED) is 0.185. The second-order valence-electron chi connectivity index (χ2n) is 6.63. The summed E-state index contributed by atoms with van der Waals surface area (Å²) in [4.78, 5) is 7.13. The van der Waals surface area contributed by atoms with Gasteiger partial charge in [-0.15, -0.1) is 24.0 Å². The monoisotopic (exact) mass is 568 g/mol. The molecule has 28 heavy (non-hydrogen) atoms. The molecule has 6 nitrogen and oxygen atoms in total. The van der Waals surface area contributed by atoms with Crippen molar-refractivity contribution in [3.8, 4) is 0 Å². The molecule has 1 aromatic carbocycles. The smallest absolute Gasteiger partial charge is 0.191 e. The number of hydrogen-bond acceptors (Lipinski definition) is 4. The molecule has 0 saturated carbocycles. The molecule has 1 unspecified atom stereocenters. The van der Waals surface area contributed by atoms with E-state index in [1.54, 1.807) is 7.11 Å². The van der Waals surface area contributed by atoms with Crippen molar-refractivity contribution in [2.45, 2.75) is 32.2 Å². The summed E-state index contributed by atoms with van der Waals surface area (Å²) in [7, 11) is 1.69. The summed E-state index contributed by atoms with van der Waals surface area (Å²) >= 11 is 3.50. The topological polar surface area (TPSA) is 58.1 Å². The number of nitrogens with zero attached hydrogens (tertiary/aromatic N) is 2. The van der Waals surface area contributed by atoms with Crippen LogP contribution >= 0.6 is 39.9 Å². The van der Waals surface area contributed by atoms with Gasteiger partial charge in [0.1, 0.15) is 0 Å². The zero-order valence-electron chi connectivity index (χ0n) is 17.0. The second kappa shape index (κ2) is 15.3. The highest BCUT2D eigenvalue weighted by atomic mass is 127. The van der Waals surface area contributed by atoms with Crippen LogP contribution < -0.4 is 15.5 Å². The number of guanidine groups is 1. The van der Waals surface area contributed by atoms with Crippen LogP contribution in [0.1, 0.15) is 26.2 Å². The van der Waals surface area contributed by atoms with Crippen molar-refractivity contribution in [1.29, 1.82) is 0 Å². The molecule has 1 heterocycles. The van der Waals surface area contributed by atoms with Crippen molar-refractivity contribution in [1.82, 2.24) is 10.6 Å². The molecule has 0 spiro atoms. The maximum atomic E-state index is 5.48. The fourth-order valence-corrected chi connectivity index (χ4v) is 3.29. The number of halogens is 2. The molecule has 160 valence electrons. The number of hydrogen-bond donors (Lipinski definition) is 2. The molecule has 1 atom stereocenters. The molecule has 1 aliphatic heterocycles. The highest BCUT2D eigenvalue weighted by Gasteiger charge is 2.23. The van der Waals surface area contributed by atoms with Crippen molar-refractivity contribution in [3.63, 3.8) is 0 Å². The Kier molecular flexibility index (Phi) is 13.9. The van der Waals surface area contributed by atoms with Crippen LogP contribution in [0.3, 0.4) is 0 Å². The van der Waals surface area contributed by atoms with Crippen molar-refractivity contribution in [2.24, 2.45) is 4.99 Å². The summed E-state index contributed by atoms with van der Waals surface area (Å²) in [5.41, 5.74) is 1.28. The standard InChI is InChI=1S/C20H33BrN4O2.HI/c1-3-22-20(23-11-4-5-13-27-15-14-26-2)24-18-10-12-25(16-18)19-8-6-17(21)7-9-19;/h6-9,18H,3-5,10-16H2,1-2H3,(H2,22,23,24);1H. The van der Waals surface area contributed by atoms with Gasteiger partial charge in [0.25, 0.3) is 0 Å². The van der Waals surface area contributed by atoms with Crippen LogP contribution in [-0.2, 0) is 9.47 Å². The Labute approximate surface area is 195 Å². The van der Waals surface area contributed by atoms with E-state index in [9.17, 15) is 0 Å². The second-order valence-corrected chi connectivity index (χ2v) is 7.54. The lowest BCUT2D eigenvalue weighted by molar-refractivity contribution is 0.0690. The summed E-state index contributed by atoms with van der Waals surface area (Å²) < 4.78 is 11.6. The van der Waals surface area contributed by atoms with Crippen LogP contribution in [0.2, 0.25) is 0 Å². The third-order valence-corrected chi connectivity index (χ3v) is 4.99. The number of unbranched alkanes of at least 4 members (excludes halogenated alkanes) is 1. The Morgan fingerprint density at radius 3 is 2.71 bits per heavy atom. The number of ether oxygens (including phenoxy) is 2. The molecule has 0 radical (unpaired) electrons. The van der Waals surface area contributed by atoms with Crippen molar-refractivity contribution in [3.05, 3.63) is 28.7 Å². The first-order valence-electron chi connectivity index (χ1n) is 9.85. The van der Waals surface area contributed by atoms with Crippen LogP contribution in [0, 0.1) is 0 Å². The molecular formula is C20H34BrIN4O2.